The summed E-state index contributed by atoms with van der Waals surface area (Å²) in [4.78, 5) is 9.22. The summed E-state index contributed by atoms with van der Waals surface area (Å²) in [7, 11) is 0. The number of aliphatic hydroxyl groups is 1. The van der Waals surface area contributed by atoms with Crippen molar-refractivity contribution >= 4 is 6.47 Å². The van der Waals surface area contributed by atoms with Gasteiger partial charge in [0.1, 0.15) is 0 Å². The Bertz CT molecular complexity index is 69.3. The first-order chi connectivity index (χ1) is 3.31. The lowest BCUT2D eigenvalue weighted by Crippen LogP contribution is -2.04. The van der Waals surface area contributed by atoms with Gasteiger partial charge in [-0.2, -0.15) is 0 Å². The fourth-order valence-electron chi connectivity index (χ4n) is 0.0974. The Balaban J connectivity index is 3.15. The Morgan fingerprint density at radius 3 is 2.71 bits per heavy atom. The zero-order valence-corrected chi connectivity index (χ0v) is 3.63. The quantitative estimate of drug-likeness (QED) is 0.387. The minimum atomic E-state index is -1.21. The molecule has 0 saturated carbocycles. The molecule has 7 heavy (non-hydrogen) atoms. The smallest absolute Gasteiger partial charge is 0.420 e. The van der Waals surface area contributed by atoms with Gasteiger partial charge in [-0.05, 0) is 6.08 Å². The van der Waals surface area contributed by atoms with Crippen molar-refractivity contribution in [2.45, 2.75) is 6.29 Å². The zero-order valence-electron chi connectivity index (χ0n) is 3.63. The van der Waals surface area contributed by atoms with Crippen LogP contribution in [0.3, 0.4) is 0 Å². The van der Waals surface area contributed by atoms with Crippen LogP contribution in [0.1, 0.15) is 0 Å². The number of carbonyl (C=O) groups excluding carboxylic acids is 1. The van der Waals surface area contributed by atoms with Gasteiger partial charge in [0.05, 0.1) is 0 Å². The molecule has 0 aromatic heterocycles. The molecule has 0 aromatic carbocycles. The predicted molar refractivity (Wildman–Crippen MR) is 23.0 cm³/mol. The molecule has 0 saturated heterocycles. The fraction of sp³-hybridized carbons (Fsp3) is 0.250. The molecule has 0 aliphatic carbocycles. The summed E-state index contributed by atoms with van der Waals surface area (Å²) in [6.07, 6.45) is -0.136. The maximum Gasteiger partial charge on any atom is 0.420 e. The zero-order chi connectivity index (χ0) is 5.70. The van der Waals surface area contributed by atoms with E-state index in [9.17, 15) is 4.79 Å². The van der Waals surface area contributed by atoms with E-state index in [1.807, 2.05) is 0 Å². The van der Waals surface area contributed by atoms with Crippen molar-refractivity contribution < 1.29 is 14.6 Å². The van der Waals surface area contributed by atoms with Gasteiger partial charge in [-0.3, -0.25) is 0 Å². The third kappa shape index (κ3) is 2.99. The monoisotopic (exact) mass is 101 g/mol. The van der Waals surface area contributed by atoms with E-state index in [0.717, 1.165) is 12.5 Å². The summed E-state index contributed by atoms with van der Waals surface area (Å²) in [5, 5.41) is 8.26. The van der Waals surface area contributed by atoms with Gasteiger partial charge in [0.25, 0.3) is 0 Å². The van der Waals surface area contributed by atoms with Crippen molar-refractivity contribution in [3.8, 4) is 0 Å². The normalized spacial score (nSPS) is 12.1. The average Bonchev–Trinajstić information content (AvgIpc) is 1.68. The van der Waals surface area contributed by atoms with Crippen molar-refractivity contribution in [3.63, 3.8) is 0 Å². The highest BCUT2D eigenvalue weighted by molar-refractivity contribution is 5.38. The molecule has 0 fully saturated rings. The van der Waals surface area contributed by atoms with Gasteiger partial charge < -0.3 is 9.84 Å². The first kappa shape index (κ1) is 6.17. The molecule has 0 aromatic rings. The molecule has 0 bridgehead atoms. The molecule has 3 heteroatoms. The van der Waals surface area contributed by atoms with Gasteiger partial charge in [-0.15, -0.1) is 0 Å². The second kappa shape index (κ2) is 3.36. The molecule has 1 unspecified atom stereocenters. The SMILES string of the molecule is C=CC(O)O[C]=O. The molecule has 0 aliphatic heterocycles. The first-order valence-corrected chi connectivity index (χ1v) is 1.64. The van der Waals surface area contributed by atoms with E-state index in [1.54, 1.807) is 0 Å². The van der Waals surface area contributed by atoms with Crippen LogP contribution in [-0.2, 0) is 9.53 Å². The summed E-state index contributed by atoms with van der Waals surface area (Å²) in [6.45, 7) is 4.17. The minimum absolute atomic E-state index is 1.05. The second-order valence-corrected chi connectivity index (χ2v) is 0.827. The molecule has 0 aliphatic rings. The number of aliphatic hydroxyl groups excluding tert-OH is 1. The molecular formula is C4H5O3. The van der Waals surface area contributed by atoms with E-state index in [4.69, 9.17) is 5.11 Å². The average molecular weight is 101 g/mol. The molecular weight excluding hydrogens is 96.0 g/mol. The van der Waals surface area contributed by atoms with Gasteiger partial charge in [0.15, 0.2) is 0 Å². The van der Waals surface area contributed by atoms with Crippen LogP contribution >= 0.6 is 0 Å². The van der Waals surface area contributed by atoms with Crippen LogP contribution in [0.15, 0.2) is 12.7 Å². The summed E-state index contributed by atoms with van der Waals surface area (Å²) in [6, 6.07) is 0. The third-order valence-electron chi connectivity index (χ3n) is 0.370. The van der Waals surface area contributed by atoms with Gasteiger partial charge in [-0.1, -0.05) is 6.58 Å². The topological polar surface area (TPSA) is 46.5 Å². The van der Waals surface area contributed by atoms with E-state index in [-0.39, 0.29) is 0 Å². The third-order valence-corrected chi connectivity index (χ3v) is 0.370. The highest BCUT2D eigenvalue weighted by atomic mass is 16.6. The molecule has 3 nitrogen and oxygen atoms in total. The van der Waals surface area contributed by atoms with Gasteiger partial charge in [0.2, 0.25) is 6.29 Å². The van der Waals surface area contributed by atoms with E-state index >= 15 is 0 Å². The van der Waals surface area contributed by atoms with Crippen molar-refractivity contribution in [3.05, 3.63) is 12.7 Å². The fourth-order valence-corrected chi connectivity index (χ4v) is 0.0974. The van der Waals surface area contributed by atoms with Crippen LogP contribution in [0.5, 0.6) is 0 Å². The van der Waals surface area contributed by atoms with Crippen LogP contribution in [0.25, 0.3) is 0 Å². The van der Waals surface area contributed by atoms with Crippen LogP contribution in [0.4, 0.5) is 0 Å². The number of ether oxygens (including phenoxy) is 1. The molecule has 0 heterocycles. The highest BCUT2D eigenvalue weighted by Gasteiger charge is 1.91. The lowest BCUT2D eigenvalue weighted by molar-refractivity contribution is 0.0122. The Labute approximate surface area is 41.2 Å². The minimum Gasteiger partial charge on any atom is -0.424 e. The summed E-state index contributed by atoms with van der Waals surface area (Å²) < 4.78 is 3.82. The lowest BCUT2D eigenvalue weighted by Gasteiger charge is -1.95. The number of hydrogen-bond acceptors (Lipinski definition) is 3. The van der Waals surface area contributed by atoms with Crippen molar-refractivity contribution in [1.29, 1.82) is 0 Å². The highest BCUT2D eigenvalue weighted by Crippen LogP contribution is 1.79. The Hall–Kier alpha value is -0.830. The maximum absolute atomic E-state index is 9.22. The number of hydrogen-bond donors (Lipinski definition) is 1. The molecule has 0 amide bonds. The lowest BCUT2D eigenvalue weighted by atomic mass is 10.6. The van der Waals surface area contributed by atoms with E-state index in [1.165, 1.54) is 0 Å². The second-order valence-electron chi connectivity index (χ2n) is 0.827. The number of rotatable bonds is 3. The molecule has 0 spiro atoms. The van der Waals surface area contributed by atoms with Gasteiger partial charge >= 0.3 is 6.47 Å². The summed E-state index contributed by atoms with van der Waals surface area (Å²) >= 11 is 0. The molecule has 1 N–H and O–H groups in total. The Morgan fingerprint density at radius 1 is 2.00 bits per heavy atom. The molecule has 1 radical (unpaired) electrons. The van der Waals surface area contributed by atoms with Crippen molar-refractivity contribution in [2.75, 3.05) is 0 Å². The summed E-state index contributed by atoms with van der Waals surface area (Å²) in [5.74, 6) is 0. The van der Waals surface area contributed by atoms with Crippen LogP contribution in [-0.4, -0.2) is 17.9 Å². The van der Waals surface area contributed by atoms with Crippen LogP contribution in [0, 0.1) is 0 Å². The van der Waals surface area contributed by atoms with Crippen LogP contribution in [0.2, 0.25) is 0 Å². The summed E-state index contributed by atoms with van der Waals surface area (Å²) in [5.41, 5.74) is 0. The largest absolute Gasteiger partial charge is 0.424 e. The van der Waals surface area contributed by atoms with Gasteiger partial charge in [0, 0.05) is 0 Å². The maximum atomic E-state index is 9.22. The molecule has 1 atom stereocenters. The van der Waals surface area contributed by atoms with Crippen LogP contribution < -0.4 is 0 Å². The Kier molecular flexibility index (Phi) is 2.96. The van der Waals surface area contributed by atoms with E-state index < -0.39 is 6.29 Å². The standard InChI is InChI=1S/C4H5O3/c1-2-4(6)7-3-5/h2,4,6H,1H2. The van der Waals surface area contributed by atoms with Crippen molar-refractivity contribution in [1.82, 2.24) is 0 Å². The van der Waals surface area contributed by atoms with Crippen molar-refractivity contribution in [2.24, 2.45) is 0 Å². The van der Waals surface area contributed by atoms with Gasteiger partial charge in [-0.25, -0.2) is 4.79 Å². The first-order valence-electron chi connectivity index (χ1n) is 1.64. The Morgan fingerprint density at radius 2 is 2.57 bits per heavy atom. The van der Waals surface area contributed by atoms with E-state index in [2.05, 4.69) is 11.3 Å². The molecule has 0 rings (SSSR count). The predicted octanol–water partition coefficient (Wildman–Crippen LogP) is -0.425. The van der Waals surface area contributed by atoms with E-state index in [0.29, 0.717) is 0 Å². The molecule has 39 valence electrons.